The van der Waals surface area contributed by atoms with E-state index in [2.05, 4.69) is 14.9 Å². The highest BCUT2D eigenvalue weighted by molar-refractivity contribution is 7.89. The second-order valence-corrected chi connectivity index (χ2v) is 8.71. The molecule has 0 aromatic heterocycles. The third-order valence-corrected chi connectivity index (χ3v) is 6.28. The largest absolute Gasteiger partial charge is 0.416 e. The first kappa shape index (κ1) is 23.0. The van der Waals surface area contributed by atoms with Crippen molar-refractivity contribution in [3.05, 3.63) is 54.1 Å². The lowest BCUT2D eigenvalue weighted by molar-refractivity contribution is -0.137. The zero-order chi connectivity index (χ0) is 22.6. The summed E-state index contributed by atoms with van der Waals surface area (Å²) in [5.41, 5.74) is 0.512. The maximum Gasteiger partial charge on any atom is 0.416 e. The van der Waals surface area contributed by atoms with Gasteiger partial charge in [-0.3, -0.25) is 4.79 Å². The van der Waals surface area contributed by atoms with Crippen molar-refractivity contribution >= 4 is 27.3 Å². The molecule has 0 bridgehead atoms. The Labute approximate surface area is 178 Å². The molecule has 1 amide bonds. The molecule has 168 valence electrons. The molecule has 2 aromatic carbocycles. The van der Waals surface area contributed by atoms with E-state index in [1.54, 1.807) is 12.1 Å². The summed E-state index contributed by atoms with van der Waals surface area (Å²) < 4.78 is 70.2. The molecule has 1 aliphatic rings. The van der Waals surface area contributed by atoms with Gasteiger partial charge in [0.05, 0.1) is 29.7 Å². The molecule has 0 spiro atoms. The molecule has 1 atom stereocenters. The van der Waals surface area contributed by atoms with Gasteiger partial charge in [-0.05, 0) is 55.5 Å². The van der Waals surface area contributed by atoms with Crippen LogP contribution in [0.5, 0.6) is 0 Å². The van der Waals surface area contributed by atoms with Crippen molar-refractivity contribution in [3.8, 4) is 0 Å². The average molecular weight is 457 g/mol. The number of anilines is 2. The van der Waals surface area contributed by atoms with Crippen LogP contribution in [-0.4, -0.2) is 46.7 Å². The lowest BCUT2D eigenvalue weighted by Gasteiger charge is -2.29. The van der Waals surface area contributed by atoms with E-state index in [0.29, 0.717) is 31.0 Å². The van der Waals surface area contributed by atoms with Crippen molar-refractivity contribution in [2.45, 2.75) is 24.0 Å². The molecule has 0 aliphatic carbocycles. The highest BCUT2D eigenvalue weighted by Gasteiger charge is 2.31. The Balaban J connectivity index is 1.60. The summed E-state index contributed by atoms with van der Waals surface area (Å²) in [6.45, 7) is 4.19. The first-order valence-corrected chi connectivity index (χ1v) is 11.0. The van der Waals surface area contributed by atoms with Gasteiger partial charge in [-0.2, -0.15) is 17.9 Å². The maximum atomic E-state index is 12.6. The lowest BCUT2D eigenvalue weighted by atomic mass is 10.2. The van der Waals surface area contributed by atoms with Crippen LogP contribution in [0.15, 0.2) is 53.4 Å². The number of benzene rings is 2. The minimum Gasteiger partial charge on any atom is -0.378 e. The number of hydrogen-bond donors (Lipinski definition) is 2. The number of rotatable bonds is 6. The molecule has 31 heavy (non-hydrogen) atoms. The molecule has 2 aromatic rings. The van der Waals surface area contributed by atoms with E-state index in [-0.39, 0.29) is 4.90 Å². The van der Waals surface area contributed by atoms with Gasteiger partial charge in [0.15, 0.2) is 0 Å². The third-order valence-electron chi connectivity index (χ3n) is 4.73. The lowest BCUT2D eigenvalue weighted by Crippen LogP contribution is -2.41. The Morgan fingerprint density at radius 1 is 1.03 bits per heavy atom. The Morgan fingerprint density at radius 2 is 1.61 bits per heavy atom. The number of nitrogens with zero attached hydrogens (tertiary/aromatic N) is 1. The molecule has 1 fully saturated rings. The normalized spacial score (nSPS) is 16.1. The zero-order valence-corrected chi connectivity index (χ0v) is 17.5. The number of nitrogens with one attached hydrogen (secondary N) is 2. The van der Waals surface area contributed by atoms with Gasteiger partial charge >= 0.3 is 6.18 Å². The fraction of sp³-hybridized carbons (Fsp3) is 0.350. The van der Waals surface area contributed by atoms with E-state index in [1.807, 2.05) is 12.1 Å². The molecular weight excluding hydrogens is 435 g/mol. The quantitative estimate of drug-likeness (QED) is 0.697. The van der Waals surface area contributed by atoms with E-state index in [9.17, 15) is 26.4 Å². The molecular formula is C20H22F3N3O4S. The van der Waals surface area contributed by atoms with E-state index in [0.717, 1.165) is 30.9 Å². The second kappa shape index (κ2) is 9.25. The van der Waals surface area contributed by atoms with Crippen LogP contribution in [0.1, 0.15) is 12.5 Å². The van der Waals surface area contributed by atoms with E-state index in [4.69, 9.17) is 4.74 Å². The van der Waals surface area contributed by atoms with Gasteiger partial charge in [-0.25, -0.2) is 8.42 Å². The van der Waals surface area contributed by atoms with Gasteiger partial charge in [-0.15, -0.1) is 0 Å². The molecule has 1 unspecified atom stereocenters. The Bertz CT molecular complexity index is 1000. The summed E-state index contributed by atoms with van der Waals surface area (Å²) in [5.74, 6) is -0.602. The number of hydrogen-bond acceptors (Lipinski definition) is 5. The summed E-state index contributed by atoms with van der Waals surface area (Å²) in [6.07, 6.45) is -4.57. The van der Waals surface area contributed by atoms with Crippen LogP contribution in [0.4, 0.5) is 24.5 Å². The van der Waals surface area contributed by atoms with Crippen LogP contribution < -0.4 is 14.9 Å². The zero-order valence-electron chi connectivity index (χ0n) is 16.6. The summed E-state index contributed by atoms with van der Waals surface area (Å²) in [5, 5.41) is 2.62. The van der Waals surface area contributed by atoms with Gasteiger partial charge < -0.3 is 15.0 Å². The molecule has 2 N–H and O–H groups in total. The van der Waals surface area contributed by atoms with Crippen LogP contribution in [0.3, 0.4) is 0 Å². The smallest absolute Gasteiger partial charge is 0.378 e. The fourth-order valence-corrected chi connectivity index (χ4v) is 4.21. The predicted molar refractivity (Wildman–Crippen MR) is 109 cm³/mol. The topological polar surface area (TPSA) is 87.7 Å². The molecule has 7 nitrogen and oxygen atoms in total. The summed E-state index contributed by atoms with van der Waals surface area (Å²) >= 11 is 0. The average Bonchev–Trinajstić information content (AvgIpc) is 2.74. The SMILES string of the molecule is CC(NS(=O)(=O)c1ccc(C(F)(F)F)cc1)C(=O)Nc1ccc(N2CCOCC2)cc1. The number of amides is 1. The number of sulfonamides is 1. The predicted octanol–water partition coefficient (Wildman–Crippen LogP) is 2.85. The van der Waals surface area contributed by atoms with Crippen LogP contribution in [-0.2, 0) is 25.7 Å². The highest BCUT2D eigenvalue weighted by atomic mass is 32.2. The number of alkyl halides is 3. The fourth-order valence-electron chi connectivity index (χ4n) is 3.01. The number of carbonyl (C=O) groups excluding carboxylic acids is 1. The molecule has 3 rings (SSSR count). The van der Waals surface area contributed by atoms with Crippen molar-refractivity contribution < 1.29 is 31.1 Å². The standard InChI is InChI=1S/C20H22F3N3O4S/c1-14(25-31(28,29)18-8-2-15(3-9-18)20(21,22)23)19(27)24-16-4-6-17(7-5-16)26-10-12-30-13-11-26/h2-9,14,25H,10-13H2,1H3,(H,24,27). The Hall–Kier alpha value is -2.63. The van der Waals surface area contributed by atoms with Crippen molar-refractivity contribution in [2.75, 3.05) is 36.5 Å². The van der Waals surface area contributed by atoms with Crippen molar-refractivity contribution in [1.82, 2.24) is 4.72 Å². The maximum absolute atomic E-state index is 12.6. The third kappa shape index (κ3) is 5.96. The molecule has 1 saturated heterocycles. The number of halogens is 3. The number of ether oxygens (including phenoxy) is 1. The first-order chi connectivity index (χ1) is 14.6. The number of morpholine rings is 1. The Morgan fingerprint density at radius 3 is 2.16 bits per heavy atom. The minimum absolute atomic E-state index is 0.366. The summed E-state index contributed by atoms with van der Waals surface area (Å²) in [4.78, 5) is 14.2. The Kier molecular flexibility index (Phi) is 6.87. The van der Waals surface area contributed by atoms with E-state index >= 15 is 0 Å². The van der Waals surface area contributed by atoms with Crippen molar-refractivity contribution in [2.24, 2.45) is 0 Å². The number of carbonyl (C=O) groups is 1. The molecule has 0 saturated carbocycles. The van der Waals surface area contributed by atoms with Gasteiger partial charge in [0, 0.05) is 24.5 Å². The van der Waals surface area contributed by atoms with E-state index in [1.165, 1.54) is 6.92 Å². The molecule has 11 heteroatoms. The van der Waals surface area contributed by atoms with E-state index < -0.39 is 33.7 Å². The van der Waals surface area contributed by atoms with Crippen molar-refractivity contribution in [1.29, 1.82) is 0 Å². The molecule has 1 heterocycles. The van der Waals surface area contributed by atoms with Gasteiger partial charge in [0.25, 0.3) is 0 Å². The monoisotopic (exact) mass is 457 g/mol. The van der Waals surface area contributed by atoms with Crippen molar-refractivity contribution in [3.63, 3.8) is 0 Å². The van der Waals surface area contributed by atoms with Crippen LogP contribution >= 0.6 is 0 Å². The second-order valence-electron chi connectivity index (χ2n) is 7.00. The van der Waals surface area contributed by atoms with Crippen LogP contribution in [0.2, 0.25) is 0 Å². The summed E-state index contributed by atoms with van der Waals surface area (Å²) in [6, 6.07) is 9.01. The first-order valence-electron chi connectivity index (χ1n) is 9.49. The highest BCUT2D eigenvalue weighted by Crippen LogP contribution is 2.29. The van der Waals surface area contributed by atoms with Crippen LogP contribution in [0.25, 0.3) is 0 Å². The van der Waals surface area contributed by atoms with Gasteiger partial charge in [0.2, 0.25) is 15.9 Å². The molecule has 1 aliphatic heterocycles. The summed E-state index contributed by atoms with van der Waals surface area (Å²) in [7, 11) is -4.18. The van der Waals surface area contributed by atoms with Crippen LogP contribution in [0, 0.1) is 0 Å². The van der Waals surface area contributed by atoms with Gasteiger partial charge in [-0.1, -0.05) is 0 Å². The minimum atomic E-state index is -4.57. The molecule has 0 radical (unpaired) electrons. The van der Waals surface area contributed by atoms with Gasteiger partial charge in [0.1, 0.15) is 0 Å².